The van der Waals surface area contributed by atoms with Crippen molar-refractivity contribution in [1.82, 2.24) is 14.9 Å². The Morgan fingerprint density at radius 3 is 2.62 bits per heavy atom. The van der Waals surface area contributed by atoms with Crippen LogP contribution < -0.4 is 5.32 Å². The van der Waals surface area contributed by atoms with Gasteiger partial charge in [0.2, 0.25) is 0 Å². The van der Waals surface area contributed by atoms with E-state index in [0.717, 1.165) is 36.0 Å². The molecule has 2 N–H and O–H groups in total. The zero-order valence-electron chi connectivity index (χ0n) is 14.7. The van der Waals surface area contributed by atoms with Gasteiger partial charge in [-0.3, -0.25) is 9.36 Å². The first kappa shape index (κ1) is 16.8. The number of aliphatic hydroxyl groups excluding tert-OH is 1. The largest absolute Gasteiger partial charge is 0.396 e. The van der Waals surface area contributed by atoms with Crippen LogP contribution >= 0.6 is 0 Å². The Balaban J connectivity index is 1.46. The number of imidazole rings is 1. The summed E-state index contributed by atoms with van der Waals surface area (Å²) in [6.45, 7) is 0.823. The molecule has 0 aliphatic heterocycles. The van der Waals surface area contributed by atoms with E-state index in [9.17, 15) is 9.90 Å². The van der Waals surface area contributed by atoms with Crippen molar-refractivity contribution in [2.24, 2.45) is 5.41 Å². The number of aliphatic hydroxyl groups is 1. The van der Waals surface area contributed by atoms with Crippen molar-refractivity contribution in [3.8, 4) is 5.69 Å². The molecule has 0 atom stereocenters. The van der Waals surface area contributed by atoms with Crippen molar-refractivity contribution in [3.05, 3.63) is 60.4 Å². The highest BCUT2D eigenvalue weighted by Gasteiger charge is 2.36. The van der Waals surface area contributed by atoms with Crippen LogP contribution in [0.3, 0.4) is 0 Å². The molecule has 0 radical (unpaired) electrons. The van der Waals surface area contributed by atoms with Crippen LogP contribution in [0.4, 0.5) is 0 Å². The first-order valence-corrected chi connectivity index (χ1v) is 9.12. The second kappa shape index (κ2) is 6.92. The lowest BCUT2D eigenvalue weighted by Crippen LogP contribution is -2.42. The van der Waals surface area contributed by atoms with Gasteiger partial charge in [0, 0.05) is 24.4 Å². The first-order chi connectivity index (χ1) is 12.7. The summed E-state index contributed by atoms with van der Waals surface area (Å²) in [6, 6.07) is 15.5. The highest BCUT2D eigenvalue weighted by Crippen LogP contribution is 2.43. The maximum atomic E-state index is 12.5. The van der Waals surface area contributed by atoms with Crippen molar-refractivity contribution < 1.29 is 9.90 Å². The van der Waals surface area contributed by atoms with E-state index in [0.29, 0.717) is 12.1 Å². The van der Waals surface area contributed by atoms with Gasteiger partial charge in [0.25, 0.3) is 5.91 Å². The van der Waals surface area contributed by atoms with Crippen molar-refractivity contribution in [1.29, 1.82) is 0 Å². The number of rotatable bonds is 6. The van der Waals surface area contributed by atoms with E-state index in [1.54, 1.807) is 6.33 Å². The van der Waals surface area contributed by atoms with Gasteiger partial charge in [-0.1, -0.05) is 18.6 Å². The molecule has 1 amide bonds. The summed E-state index contributed by atoms with van der Waals surface area (Å²) in [4.78, 5) is 16.9. The summed E-state index contributed by atoms with van der Waals surface area (Å²) >= 11 is 0. The molecular weight excluding hydrogens is 326 g/mol. The van der Waals surface area contributed by atoms with Crippen LogP contribution in [0, 0.1) is 5.41 Å². The molecule has 1 saturated carbocycles. The third-order valence-electron chi connectivity index (χ3n) is 5.54. The predicted octanol–water partition coefficient (Wildman–Crippen LogP) is 3.31. The van der Waals surface area contributed by atoms with E-state index in [2.05, 4.69) is 10.3 Å². The Hall–Kier alpha value is -2.66. The van der Waals surface area contributed by atoms with Gasteiger partial charge in [0.15, 0.2) is 0 Å². The number of carbonyl (C=O) groups excluding carboxylic acids is 1. The Labute approximate surface area is 152 Å². The molecular formula is C21H23N3O2. The van der Waals surface area contributed by atoms with E-state index in [-0.39, 0.29) is 17.9 Å². The van der Waals surface area contributed by atoms with Crippen molar-refractivity contribution in [2.75, 3.05) is 13.2 Å². The van der Waals surface area contributed by atoms with Crippen LogP contribution in [0.1, 0.15) is 36.0 Å². The maximum Gasteiger partial charge on any atom is 0.251 e. The van der Waals surface area contributed by atoms with E-state index < -0.39 is 0 Å². The average Bonchev–Trinajstić information content (AvgIpc) is 3.08. The molecule has 2 aromatic carbocycles. The smallest absolute Gasteiger partial charge is 0.251 e. The fourth-order valence-corrected chi connectivity index (χ4v) is 3.74. The number of nitrogens with one attached hydrogen (secondary N) is 1. The van der Waals surface area contributed by atoms with Crippen LogP contribution in [0.2, 0.25) is 0 Å². The quantitative estimate of drug-likeness (QED) is 0.717. The van der Waals surface area contributed by atoms with Gasteiger partial charge >= 0.3 is 0 Å². The molecule has 3 aromatic rings. The van der Waals surface area contributed by atoms with Gasteiger partial charge < -0.3 is 10.4 Å². The van der Waals surface area contributed by atoms with Crippen molar-refractivity contribution in [3.63, 3.8) is 0 Å². The minimum Gasteiger partial charge on any atom is -0.396 e. The summed E-state index contributed by atoms with van der Waals surface area (Å²) in [5.41, 5.74) is 3.72. The summed E-state index contributed by atoms with van der Waals surface area (Å²) in [5, 5.41) is 12.3. The summed E-state index contributed by atoms with van der Waals surface area (Å²) in [6.07, 6.45) is 5.92. The lowest BCUT2D eigenvalue weighted by atomic mass is 9.67. The minimum atomic E-state index is -0.0590. The Morgan fingerprint density at radius 2 is 1.92 bits per heavy atom. The fourth-order valence-electron chi connectivity index (χ4n) is 3.74. The highest BCUT2D eigenvalue weighted by atomic mass is 16.3. The lowest BCUT2D eigenvalue weighted by molar-refractivity contribution is 0.0732. The number of nitrogens with zero attached hydrogens (tertiary/aromatic N) is 2. The van der Waals surface area contributed by atoms with Crippen molar-refractivity contribution >= 4 is 16.9 Å². The molecule has 0 saturated heterocycles. The molecule has 4 rings (SSSR count). The van der Waals surface area contributed by atoms with Crippen LogP contribution in [-0.2, 0) is 0 Å². The molecule has 1 aromatic heterocycles. The van der Waals surface area contributed by atoms with Crippen molar-refractivity contribution in [2.45, 2.75) is 25.7 Å². The van der Waals surface area contributed by atoms with Gasteiger partial charge in [-0.2, -0.15) is 0 Å². The predicted molar refractivity (Wildman–Crippen MR) is 101 cm³/mol. The standard InChI is InChI=1S/C21H23N3O2/c25-13-12-21(10-3-11-21)14-22-20(26)16-6-8-17(9-7-16)24-15-23-18-4-1-2-5-19(18)24/h1-2,4-9,15,25H,3,10-14H2,(H,22,26). The zero-order valence-corrected chi connectivity index (χ0v) is 14.7. The van der Waals surface area contributed by atoms with E-state index in [1.807, 2.05) is 53.1 Å². The van der Waals surface area contributed by atoms with Gasteiger partial charge in [-0.25, -0.2) is 4.98 Å². The molecule has 5 heteroatoms. The van der Waals surface area contributed by atoms with Gasteiger partial charge in [-0.05, 0) is 61.1 Å². The summed E-state index contributed by atoms with van der Waals surface area (Å²) < 4.78 is 2.02. The molecule has 0 unspecified atom stereocenters. The average molecular weight is 349 g/mol. The normalized spacial score (nSPS) is 15.6. The number of carbonyl (C=O) groups is 1. The topological polar surface area (TPSA) is 67.2 Å². The number of aromatic nitrogens is 2. The van der Waals surface area contributed by atoms with E-state index in [1.165, 1.54) is 6.42 Å². The lowest BCUT2D eigenvalue weighted by Gasteiger charge is -2.41. The molecule has 134 valence electrons. The third kappa shape index (κ3) is 3.10. The zero-order chi connectivity index (χ0) is 18.0. The van der Waals surface area contributed by atoms with Gasteiger partial charge in [0.1, 0.15) is 6.33 Å². The SMILES string of the molecule is O=C(NCC1(CCO)CCC1)c1ccc(-n2cnc3ccccc32)cc1. The molecule has 1 heterocycles. The van der Waals surface area contributed by atoms with Crippen LogP contribution in [0.15, 0.2) is 54.9 Å². The first-order valence-electron chi connectivity index (χ1n) is 9.12. The Morgan fingerprint density at radius 1 is 1.15 bits per heavy atom. The van der Waals surface area contributed by atoms with Gasteiger partial charge in [-0.15, -0.1) is 0 Å². The van der Waals surface area contributed by atoms with Crippen LogP contribution in [0.25, 0.3) is 16.7 Å². The molecule has 1 fully saturated rings. The molecule has 0 spiro atoms. The summed E-state index contributed by atoms with van der Waals surface area (Å²) in [7, 11) is 0. The Bertz CT molecular complexity index is 910. The number of fused-ring (bicyclic) bond motifs is 1. The number of benzene rings is 2. The minimum absolute atomic E-state index is 0.0590. The molecule has 1 aliphatic carbocycles. The fraction of sp³-hybridized carbons (Fsp3) is 0.333. The molecule has 26 heavy (non-hydrogen) atoms. The summed E-state index contributed by atoms with van der Waals surface area (Å²) in [5.74, 6) is -0.0590. The molecule has 1 aliphatic rings. The maximum absolute atomic E-state index is 12.5. The second-order valence-electron chi connectivity index (χ2n) is 7.16. The Kier molecular flexibility index (Phi) is 4.47. The molecule has 5 nitrogen and oxygen atoms in total. The van der Waals surface area contributed by atoms with E-state index in [4.69, 9.17) is 0 Å². The monoisotopic (exact) mass is 349 g/mol. The number of hydrogen-bond acceptors (Lipinski definition) is 3. The number of para-hydroxylation sites is 2. The highest BCUT2D eigenvalue weighted by molar-refractivity contribution is 5.94. The van der Waals surface area contributed by atoms with Gasteiger partial charge in [0.05, 0.1) is 11.0 Å². The van der Waals surface area contributed by atoms with E-state index >= 15 is 0 Å². The second-order valence-corrected chi connectivity index (χ2v) is 7.16. The molecule has 0 bridgehead atoms. The number of amides is 1. The number of hydrogen-bond donors (Lipinski definition) is 2. The van der Waals surface area contributed by atoms with Crippen LogP contribution in [-0.4, -0.2) is 33.7 Å². The third-order valence-corrected chi connectivity index (χ3v) is 5.54. The van der Waals surface area contributed by atoms with Crippen LogP contribution in [0.5, 0.6) is 0 Å².